The summed E-state index contributed by atoms with van der Waals surface area (Å²) in [6.07, 6.45) is 7.01. The van der Waals surface area contributed by atoms with Crippen molar-refractivity contribution >= 4 is 11.9 Å². The highest BCUT2D eigenvalue weighted by atomic mass is 19.1. The van der Waals surface area contributed by atoms with E-state index in [0.29, 0.717) is 18.1 Å². The zero-order valence-corrected chi connectivity index (χ0v) is 14.4. The molecule has 0 saturated carbocycles. The quantitative estimate of drug-likeness (QED) is 0.918. The van der Waals surface area contributed by atoms with Gasteiger partial charge in [-0.3, -0.25) is 4.79 Å². The van der Waals surface area contributed by atoms with Gasteiger partial charge in [0.2, 0.25) is 5.95 Å². The van der Waals surface area contributed by atoms with Gasteiger partial charge in [0, 0.05) is 25.5 Å². The van der Waals surface area contributed by atoms with Crippen molar-refractivity contribution in [1.29, 1.82) is 0 Å². The van der Waals surface area contributed by atoms with Crippen LogP contribution in [0.1, 0.15) is 54.6 Å². The van der Waals surface area contributed by atoms with Gasteiger partial charge in [0.05, 0.1) is 11.6 Å². The molecule has 132 valence electrons. The molecule has 3 rings (SSSR count). The molecule has 1 fully saturated rings. The highest BCUT2D eigenvalue weighted by molar-refractivity contribution is 5.94. The zero-order valence-electron chi connectivity index (χ0n) is 14.4. The number of rotatable bonds is 4. The molecule has 1 N–H and O–H groups in total. The third kappa shape index (κ3) is 4.13. The smallest absolute Gasteiger partial charge is 0.257 e. The van der Waals surface area contributed by atoms with Crippen LogP contribution in [0.5, 0.6) is 0 Å². The Hall–Kier alpha value is -2.50. The van der Waals surface area contributed by atoms with Crippen LogP contribution in [0.2, 0.25) is 0 Å². The fraction of sp³-hybridized carbons (Fsp3) is 0.421. The summed E-state index contributed by atoms with van der Waals surface area (Å²) in [4.78, 5) is 23.2. The van der Waals surface area contributed by atoms with Gasteiger partial charge in [-0.05, 0) is 37.5 Å². The number of hydrogen-bond donors (Lipinski definition) is 1. The Balaban J connectivity index is 1.86. The number of nitrogens with zero attached hydrogens (tertiary/aromatic N) is 3. The lowest BCUT2D eigenvalue weighted by Gasteiger charge is -2.30. The standard InChI is InChI=1S/C19H23FN4O/c1-2-21-19-22-12-15(13-23-19)18(25)24-10-5-3-4-9-17(24)14-7-6-8-16(20)11-14/h6-8,11-13,17H,2-5,9-10H2,1H3,(H,21,22,23)/t17-/m0/s1. The molecule has 1 aliphatic heterocycles. The maximum atomic E-state index is 13.7. The molecule has 1 saturated heterocycles. The second-order valence-corrected chi connectivity index (χ2v) is 6.24. The van der Waals surface area contributed by atoms with E-state index in [2.05, 4.69) is 15.3 Å². The molecule has 0 aliphatic carbocycles. The van der Waals surface area contributed by atoms with E-state index in [1.165, 1.54) is 12.1 Å². The van der Waals surface area contributed by atoms with E-state index in [1.54, 1.807) is 18.5 Å². The minimum Gasteiger partial charge on any atom is -0.355 e. The Bertz CT molecular complexity index is 720. The molecule has 0 bridgehead atoms. The lowest BCUT2D eigenvalue weighted by molar-refractivity contribution is 0.0679. The molecule has 25 heavy (non-hydrogen) atoms. The molecular weight excluding hydrogens is 319 g/mol. The van der Waals surface area contributed by atoms with Crippen LogP contribution in [-0.2, 0) is 0 Å². The van der Waals surface area contributed by atoms with Crippen LogP contribution in [-0.4, -0.2) is 33.9 Å². The Labute approximate surface area is 147 Å². The number of aromatic nitrogens is 2. The van der Waals surface area contributed by atoms with E-state index >= 15 is 0 Å². The van der Waals surface area contributed by atoms with E-state index in [4.69, 9.17) is 0 Å². The molecule has 1 amide bonds. The minimum absolute atomic E-state index is 0.0980. The summed E-state index contributed by atoms with van der Waals surface area (Å²) in [6.45, 7) is 3.35. The Kier molecular flexibility index (Phi) is 5.58. The number of amides is 1. The van der Waals surface area contributed by atoms with Crippen LogP contribution in [0.15, 0.2) is 36.7 Å². The number of benzene rings is 1. The SMILES string of the molecule is CCNc1ncc(C(=O)N2CCCCC[C@H]2c2cccc(F)c2)cn1. The summed E-state index contributed by atoms with van der Waals surface area (Å²) in [7, 11) is 0. The largest absolute Gasteiger partial charge is 0.355 e. The summed E-state index contributed by atoms with van der Waals surface area (Å²) in [5.74, 6) is 0.142. The Morgan fingerprint density at radius 2 is 2.08 bits per heavy atom. The van der Waals surface area contributed by atoms with Gasteiger partial charge >= 0.3 is 0 Å². The van der Waals surface area contributed by atoms with Crippen LogP contribution in [0.25, 0.3) is 0 Å². The van der Waals surface area contributed by atoms with Crippen molar-refractivity contribution in [3.05, 3.63) is 53.6 Å². The zero-order chi connectivity index (χ0) is 17.6. The number of halogens is 1. The molecule has 6 heteroatoms. The third-order valence-electron chi connectivity index (χ3n) is 4.48. The fourth-order valence-corrected chi connectivity index (χ4v) is 3.27. The van der Waals surface area contributed by atoms with Crippen molar-refractivity contribution in [2.24, 2.45) is 0 Å². The Morgan fingerprint density at radius 1 is 1.28 bits per heavy atom. The van der Waals surface area contributed by atoms with E-state index in [-0.39, 0.29) is 17.8 Å². The predicted molar refractivity (Wildman–Crippen MR) is 94.8 cm³/mol. The van der Waals surface area contributed by atoms with Crippen molar-refractivity contribution in [1.82, 2.24) is 14.9 Å². The third-order valence-corrected chi connectivity index (χ3v) is 4.48. The first kappa shape index (κ1) is 17.3. The molecule has 2 heterocycles. The van der Waals surface area contributed by atoms with Crippen LogP contribution in [0.4, 0.5) is 10.3 Å². The summed E-state index contributed by atoms with van der Waals surface area (Å²) >= 11 is 0. The molecule has 1 aromatic carbocycles. The number of hydrogen-bond acceptors (Lipinski definition) is 4. The number of likely N-dealkylation sites (tertiary alicyclic amines) is 1. The fourth-order valence-electron chi connectivity index (χ4n) is 3.27. The van der Waals surface area contributed by atoms with Crippen LogP contribution in [0.3, 0.4) is 0 Å². The van der Waals surface area contributed by atoms with E-state index in [9.17, 15) is 9.18 Å². The average Bonchev–Trinajstić information content (AvgIpc) is 2.88. The van der Waals surface area contributed by atoms with Gasteiger partial charge in [-0.2, -0.15) is 0 Å². The van der Waals surface area contributed by atoms with E-state index < -0.39 is 0 Å². The molecule has 2 aromatic rings. The highest BCUT2D eigenvalue weighted by Gasteiger charge is 2.28. The van der Waals surface area contributed by atoms with Gasteiger partial charge in [-0.15, -0.1) is 0 Å². The van der Waals surface area contributed by atoms with Crippen molar-refractivity contribution < 1.29 is 9.18 Å². The molecule has 0 unspecified atom stereocenters. The van der Waals surface area contributed by atoms with Crippen molar-refractivity contribution in [3.8, 4) is 0 Å². The van der Waals surface area contributed by atoms with Gasteiger partial charge in [-0.1, -0.05) is 25.0 Å². The second kappa shape index (κ2) is 8.05. The number of anilines is 1. The molecule has 1 atom stereocenters. The maximum Gasteiger partial charge on any atom is 0.257 e. The summed E-state index contributed by atoms with van der Waals surface area (Å²) in [5, 5.41) is 3.02. The van der Waals surface area contributed by atoms with Crippen LogP contribution >= 0.6 is 0 Å². The normalized spacial score (nSPS) is 17.8. The first-order valence-electron chi connectivity index (χ1n) is 8.81. The average molecular weight is 342 g/mol. The van der Waals surface area contributed by atoms with Crippen molar-refractivity contribution in [2.75, 3.05) is 18.4 Å². The van der Waals surface area contributed by atoms with Gasteiger partial charge in [0.15, 0.2) is 0 Å². The summed E-state index contributed by atoms with van der Waals surface area (Å²) < 4.78 is 13.7. The molecule has 5 nitrogen and oxygen atoms in total. The first-order chi connectivity index (χ1) is 12.2. The van der Waals surface area contributed by atoms with Gasteiger partial charge in [0.25, 0.3) is 5.91 Å². The number of carbonyl (C=O) groups excluding carboxylic acids is 1. The summed E-state index contributed by atoms with van der Waals surface area (Å²) in [6, 6.07) is 6.44. The maximum absolute atomic E-state index is 13.7. The van der Waals surface area contributed by atoms with Gasteiger partial charge in [-0.25, -0.2) is 14.4 Å². The number of carbonyl (C=O) groups is 1. The van der Waals surface area contributed by atoms with Crippen molar-refractivity contribution in [3.63, 3.8) is 0 Å². The van der Waals surface area contributed by atoms with Crippen LogP contribution in [0, 0.1) is 5.82 Å². The highest BCUT2D eigenvalue weighted by Crippen LogP contribution is 2.31. The summed E-state index contributed by atoms with van der Waals surface area (Å²) in [5.41, 5.74) is 1.31. The molecule has 0 spiro atoms. The van der Waals surface area contributed by atoms with E-state index in [1.807, 2.05) is 17.9 Å². The van der Waals surface area contributed by atoms with Gasteiger partial charge < -0.3 is 10.2 Å². The second-order valence-electron chi connectivity index (χ2n) is 6.24. The lowest BCUT2D eigenvalue weighted by Crippen LogP contribution is -2.35. The first-order valence-corrected chi connectivity index (χ1v) is 8.81. The van der Waals surface area contributed by atoms with Crippen molar-refractivity contribution in [2.45, 2.75) is 38.6 Å². The monoisotopic (exact) mass is 342 g/mol. The molecule has 1 aromatic heterocycles. The Morgan fingerprint density at radius 3 is 2.80 bits per heavy atom. The van der Waals surface area contributed by atoms with Crippen LogP contribution < -0.4 is 5.32 Å². The molecular formula is C19H23FN4O. The van der Waals surface area contributed by atoms with Gasteiger partial charge in [0.1, 0.15) is 5.82 Å². The predicted octanol–water partition coefficient (Wildman–Crippen LogP) is 3.81. The molecule has 1 aliphatic rings. The topological polar surface area (TPSA) is 58.1 Å². The number of nitrogens with one attached hydrogen (secondary N) is 1. The van der Waals surface area contributed by atoms with E-state index in [0.717, 1.165) is 37.8 Å². The lowest BCUT2D eigenvalue weighted by atomic mass is 10.00. The molecule has 0 radical (unpaired) electrons. The minimum atomic E-state index is -0.271.